The Morgan fingerprint density at radius 2 is 2.33 bits per heavy atom. The molecule has 1 N–H and O–H groups in total. The Kier molecular flexibility index (Phi) is 2.62. The number of aryl methyl sites for hydroxylation is 1. The lowest BCUT2D eigenvalue weighted by Crippen LogP contribution is -2.26. The van der Waals surface area contributed by atoms with Gasteiger partial charge in [0.2, 0.25) is 0 Å². The lowest BCUT2D eigenvalue weighted by Gasteiger charge is -2.11. The van der Waals surface area contributed by atoms with Crippen molar-refractivity contribution in [3.63, 3.8) is 0 Å². The number of benzene rings is 1. The minimum Gasteiger partial charge on any atom is -0.481 e. The summed E-state index contributed by atoms with van der Waals surface area (Å²) >= 11 is 0. The third-order valence-electron chi connectivity index (χ3n) is 2.66. The summed E-state index contributed by atoms with van der Waals surface area (Å²) < 4.78 is 5.56. The molecule has 0 amide bonds. The fraction of sp³-hybridized carbons (Fsp3) is 0.417. The average molecular weight is 205 g/mol. The van der Waals surface area contributed by atoms with Crippen LogP contribution in [0.5, 0.6) is 5.75 Å². The normalized spacial score (nSPS) is 19.9. The first kappa shape index (κ1) is 10.0. The molecule has 80 valence electrons. The summed E-state index contributed by atoms with van der Waals surface area (Å²) in [5.74, 6) is 0.856. The molecule has 1 unspecified atom stereocenters. The van der Waals surface area contributed by atoms with Gasteiger partial charge in [0.15, 0.2) is 11.9 Å². The number of ketones is 1. The number of nitrogens with one attached hydrogen (secondary N) is 1. The fourth-order valence-electron chi connectivity index (χ4n) is 1.62. The highest BCUT2D eigenvalue weighted by molar-refractivity contribution is 5.88. The number of carbonyl (C=O) groups is 1. The van der Waals surface area contributed by atoms with Crippen LogP contribution in [0.1, 0.15) is 19.4 Å². The number of carbonyl (C=O) groups excluding carboxylic acids is 1. The van der Waals surface area contributed by atoms with Crippen LogP contribution in [0, 0.1) is 0 Å². The molecule has 0 bridgehead atoms. The van der Waals surface area contributed by atoms with Crippen molar-refractivity contribution < 1.29 is 9.53 Å². The Hall–Kier alpha value is -1.51. The van der Waals surface area contributed by atoms with Gasteiger partial charge in [-0.25, -0.2) is 0 Å². The molecule has 1 aromatic carbocycles. The number of hydrogen-bond acceptors (Lipinski definition) is 3. The second-order valence-corrected chi connectivity index (χ2v) is 3.76. The Morgan fingerprint density at radius 3 is 3.07 bits per heavy atom. The second kappa shape index (κ2) is 3.93. The van der Waals surface area contributed by atoms with E-state index in [1.807, 2.05) is 18.2 Å². The van der Waals surface area contributed by atoms with Gasteiger partial charge in [-0.15, -0.1) is 0 Å². The second-order valence-electron chi connectivity index (χ2n) is 3.76. The van der Waals surface area contributed by atoms with Crippen LogP contribution >= 0.6 is 0 Å². The number of hydrogen-bond donors (Lipinski definition) is 1. The van der Waals surface area contributed by atoms with Crippen molar-refractivity contribution in [3.05, 3.63) is 23.8 Å². The van der Waals surface area contributed by atoms with Gasteiger partial charge >= 0.3 is 0 Å². The number of anilines is 1. The van der Waals surface area contributed by atoms with E-state index >= 15 is 0 Å². The quantitative estimate of drug-likeness (QED) is 0.762. The van der Waals surface area contributed by atoms with E-state index in [0.29, 0.717) is 6.54 Å². The third-order valence-corrected chi connectivity index (χ3v) is 2.66. The van der Waals surface area contributed by atoms with Crippen LogP contribution < -0.4 is 10.1 Å². The van der Waals surface area contributed by atoms with E-state index < -0.39 is 0 Å². The van der Waals surface area contributed by atoms with Gasteiger partial charge in [-0.1, -0.05) is 13.0 Å². The monoisotopic (exact) mass is 205 g/mol. The molecule has 1 aliphatic rings. The van der Waals surface area contributed by atoms with Crippen LogP contribution in [-0.2, 0) is 11.2 Å². The predicted molar refractivity (Wildman–Crippen MR) is 59.4 cm³/mol. The molecule has 1 aromatic rings. The molecule has 2 rings (SSSR count). The summed E-state index contributed by atoms with van der Waals surface area (Å²) in [6.45, 7) is 4.24. The molecular weight excluding hydrogens is 190 g/mol. The maximum absolute atomic E-state index is 11.4. The van der Waals surface area contributed by atoms with Gasteiger partial charge in [-0.3, -0.25) is 4.79 Å². The van der Waals surface area contributed by atoms with E-state index in [4.69, 9.17) is 4.74 Å². The van der Waals surface area contributed by atoms with Gasteiger partial charge in [-0.2, -0.15) is 0 Å². The molecule has 3 heteroatoms. The molecular formula is C12H15NO2. The molecule has 0 aliphatic carbocycles. The summed E-state index contributed by atoms with van der Waals surface area (Å²) in [4.78, 5) is 11.4. The SMILES string of the molecule is CCc1ccc2c(c1)NCC(=O)C(C)O2. The summed E-state index contributed by atoms with van der Waals surface area (Å²) in [5, 5.41) is 3.11. The highest BCUT2D eigenvalue weighted by Crippen LogP contribution is 2.28. The fourth-order valence-corrected chi connectivity index (χ4v) is 1.62. The number of ether oxygens (including phenoxy) is 1. The summed E-state index contributed by atoms with van der Waals surface area (Å²) in [5.41, 5.74) is 2.17. The van der Waals surface area contributed by atoms with E-state index in [1.54, 1.807) is 6.92 Å². The lowest BCUT2D eigenvalue weighted by atomic mass is 10.1. The molecule has 0 aromatic heterocycles. The molecule has 15 heavy (non-hydrogen) atoms. The van der Waals surface area contributed by atoms with Gasteiger partial charge in [0.1, 0.15) is 5.75 Å². The molecule has 1 atom stereocenters. The maximum Gasteiger partial charge on any atom is 0.191 e. The number of rotatable bonds is 1. The molecule has 0 saturated carbocycles. The molecule has 1 aliphatic heterocycles. The third kappa shape index (κ3) is 1.96. The molecule has 0 fully saturated rings. The minimum atomic E-state index is -0.355. The summed E-state index contributed by atoms with van der Waals surface area (Å²) in [6, 6.07) is 6.00. The Balaban J connectivity index is 2.34. The van der Waals surface area contributed by atoms with Gasteiger partial charge in [0.25, 0.3) is 0 Å². The van der Waals surface area contributed by atoms with E-state index in [1.165, 1.54) is 5.56 Å². The topological polar surface area (TPSA) is 38.3 Å². The van der Waals surface area contributed by atoms with Crippen LogP contribution in [0.25, 0.3) is 0 Å². The van der Waals surface area contributed by atoms with E-state index in [2.05, 4.69) is 12.2 Å². The van der Waals surface area contributed by atoms with Gasteiger partial charge in [0, 0.05) is 0 Å². The van der Waals surface area contributed by atoms with Gasteiger partial charge in [-0.05, 0) is 31.0 Å². The zero-order valence-corrected chi connectivity index (χ0v) is 9.04. The van der Waals surface area contributed by atoms with Crippen molar-refractivity contribution in [3.8, 4) is 5.75 Å². The molecule has 0 radical (unpaired) electrons. The van der Waals surface area contributed by atoms with Gasteiger partial charge < -0.3 is 10.1 Å². The Morgan fingerprint density at radius 1 is 1.53 bits per heavy atom. The zero-order valence-electron chi connectivity index (χ0n) is 9.04. The molecule has 0 saturated heterocycles. The van der Waals surface area contributed by atoms with Crippen LogP contribution in [0.3, 0.4) is 0 Å². The molecule has 3 nitrogen and oxygen atoms in total. The number of fused-ring (bicyclic) bond motifs is 1. The first-order chi connectivity index (χ1) is 7.20. The number of Topliss-reactive ketones (excluding diaryl/α,β-unsaturated/α-hetero) is 1. The van der Waals surface area contributed by atoms with Crippen molar-refractivity contribution in [2.45, 2.75) is 26.4 Å². The average Bonchev–Trinajstić information content (AvgIpc) is 2.39. The Bertz CT molecular complexity index is 387. The van der Waals surface area contributed by atoms with E-state index in [-0.39, 0.29) is 11.9 Å². The van der Waals surface area contributed by atoms with Crippen molar-refractivity contribution in [2.75, 3.05) is 11.9 Å². The predicted octanol–water partition coefficient (Wildman–Crippen LogP) is 2.01. The first-order valence-corrected chi connectivity index (χ1v) is 5.27. The minimum absolute atomic E-state index is 0.0873. The van der Waals surface area contributed by atoms with Crippen molar-refractivity contribution >= 4 is 11.5 Å². The van der Waals surface area contributed by atoms with Crippen LogP contribution in [-0.4, -0.2) is 18.4 Å². The van der Waals surface area contributed by atoms with Crippen LogP contribution in [0.2, 0.25) is 0 Å². The lowest BCUT2D eigenvalue weighted by molar-refractivity contribution is -0.123. The standard InChI is InChI=1S/C12H15NO2/c1-3-9-4-5-12-10(6-9)13-7-11(14)8(2)15-12/h4-6,8,13H,3,7H2,1-2H3. The molecule has 1 heterocycles. The Labute approximate surface area is 89.4 Å². The smallest absolute Gasteiger partial charge is 0.191 e. The molecule has 0 spiro atoms. The largest absolute Gasteiger partial charge is 0.481 e. The zero-order chi connectivity index (χ0) is 10.8. The summed E-state index contributed by atoms with van der Waals surface area (Å²) in [7, 11) is 0. The highest BCUT2D eigenvalue weighted by Gasteiger charge is 2.20. The van der Waals surface area contributed by atoms with E-state index in [9.17, 15) is 4.79 Å². The van der Waals surface area contributed by atoms with Crippen LogP contribution in [0.15, 0.2) is 18.2 Å². The maximum atomic E-state index is 11.4. The van der Waals surface area contributed by atoms with Crippen molar-refractivity contribution in [2.24, 2.45) is 0 Å². The van der Waals surface area contributed by atoms with Gasteiger partial charge in [0.05, 0.1) is 12.2 Å². The van der Waals surface area contributed by atoms with Crippen LogP contribution in [0.4, 0.5) is 5.69 Å². The van der Waals surface area contributed by atoms with Crippen molar-refractivity contribution in [1.82, 2.24) is 0 Å². The summed E-state index contributed by atoms with van der Waals surface area (Å²) in [6.07, 6.45) is 0.629. The van der Waals surface area contributed by atoms with E-state index in [0.717, 1.165) is 17.9 Å². The van der Waals surface area contributed by atoms with Crippen molar-refractivity contribution in [1.29, 1.82) is 0 Å². The first-order valence-electron chi connectivity index (χ1n) is 5.27. The highest BCUT2D eigenvalue weighted by atomic mass is 16.5.